The number of nitriles is 2. The fourth-order valence-corrected chi connectivity index (χ4v) is 6.99. The molecule has 0 saturated heterocycles. The van der Waals surface area contributed by atoms with Crippen molar-refractivity contribution in [2.75, 3.05) is 34.2 Å². The molecular weight excluding hydrogens is 642 g/mol. The Morgan fingerprint density at radius 1 is 0.745 bits per heavy atom. The Morgan fingerprint density at radius 2 is 1.14 bits per heavy atom. The van der Waals surface area contributed by atoms with Crippen LogP contribution in [0.5, 0.6) is 0 Å². The molecule has 0 aliphatic heterocycles. The van der Waals surface area contributed by atoms with Gasteiger partial charge in [-0.25, -0.2) is 0 Å². The zero-order chi connectivity index (χ0) is 37.1. The van der Waals surface area contributed by atoms with E-state index in [1.54, 1.807) is 28.1 Å². The van der Waals surface area contributed by atoms with Crippen LogP contribution in [0.1, 0.15) is 76.3 Å². The Hall–Kier alpha value is -5.14. The highest BCUT2D eigenvalue weighted by atomic mass is 16.2. The lowest BCUT2D eigenvalue weighted by Crippen LogP contribution is -2.51. The molecule has 0 unspecified atom stereocenters. The van der Waals surface area contributed by atoms with Gasteiger partial charge in [0.2, 0.25) is 23.7 Å². The lowest BCUT2D eigenvalue weighted by molar-refractivity contribution is -0.123. The molecule has 1 atom stereocenters. The van der Waals surface area contributed by atoms with E-state index < -0.39 is 0 Å². The molecule has 4 rings (SSSR count). The van der Waals surface area contributed by atoms with Crippen LogP contribution in [0.4, 0.5) is 0 Å². The highest BCUT2D eigenvalue weighted by Gasteiger charge is 2.38. The summed E-state index contributed by atoms with van der Waals surface area (Å²) in [6.07, 6.45) is 11.4. The summed E-state index contributed by atoms with van der Waals surface area (Å²) in [5.41, 5.74) is 2.43. The number of carbonyl (C=O) groups excluding carboxylic acids is 2. The second-order valence-electron chi connectivity index (χ2n) is 13.4. The number of likely N-dealkylation sites (N-methyl/N-ethyl adjacent to an activating group) is 1. The number of nitrogens with one attached hydrogen (secondary N) is 7. The van der Waals surface area contributed by atoms with Gasteiger partial charge in [0.15, 0.2) is 12.4 Å². The number of guanidine groups is 2. The fraction of sp³-hybridized carbons (Fsp3) is 0.526. The third kappa shape index (κ3) is 12.0. The lowest BCUT2D eigenvalue weighted by atomic mass is 9.68. The zero-order valence-electron chi connectivity index (χ0n) is 30.7. The maximum atomic E-state index is 12.3. The summed E-state index contributed by atoms with van der Waals surface area (Å²) < 4.78 is 0. The second kappa shape index (κ2) is 20.5. The van der Waals surface area contributed by atoms with Crippen LogP contribution in [0.15, 0.2) is 70.6 Å². The molecule has 2 aromatic rings. The maximum Gasteiger partial charge on any atom is 0.236 e. The van der Waals surface area contributed by atoms with Crippen molar-refractivity contribution in [2.24, 2.45) is 9.98 Å². The van der Waals surface area contributed by atoms with Crippen molar-refractivity contribution in [3.8, 4) is 12.4 Å². The lowest BCUT2D eigenvalue weighted by Gasteiger charge is -2.41. The predicted molar refractivity (Wildman–Crippen MR) is 201 cm³/mol. The van der Waals surface area contributed by atoms with E-state index in [4.69, 9.17) is 10.5 Å². The zero-order valence-corrected chi connectivity index (χ0v) is 30.7. The number of hydrogen-bond acceptors (Lipinski definition) is 7. The number of carbonyl (C=O) groups is 2. The Bertz CT molecular complexity index is 1520. The molecule has 2 aliphatic rings. The van der Waals surface area contributed by atoms with Gasteiger partial charge in [-0.05, 0) is 76.5 Å². The van der Waals surface area contributed by atoms with Gasteiger partial charge in [0.1, 0.15) is 0 Å². The molecule has 2 amide bonds. The summed E-state index contributed by atoms with van der Waals surface area (Å²) >= 11 is 0. The van der Waals surface area contributed by atoms with Gasteiger partial charge < -0.3 is 26.6 Å². The van der Waals surface area contributed by atoms with Crippen LogP contribution in [0.25, 0.3) is 0 Å². The van der Waals surface area contributed by atoms with Gasteiger partial charge in [-0.3, -0.25) is 30.2 Å². The second-order valence-corrected chi connectivity index (χ2v) is 13.4. The molecule has 13 nitrogen and oxygen atoms in total. The number of benzene rings is 2. The fourth-order valence-electron chi connectivity index (χ4n) is 6.99. The van der Waals surface area contributed by atoms with E-state index >= 15 is 0 Å². The van der Waals surface area contributed by atoms with Crippen molar-refractivity contribution < 1.29 is 9.59 Å². The average molecular weight is 698 g/mol. The average Bonchev–Trinajstić information content (AvgIpc) is 3.17. The number of amides is 2. The Labute approximate surface area is 303 Å². The smallest absolute Gasteiger partial charge is 0.236 e. The summed E-state index contributed by atoms with van der Waals surface area (Å²) in [6.45, 7) is 4.70. The third-order valence-electron chi connectivity index (χ3n) is 10.2. The molecule has 7 N–H and O–H groups in total. The minimum Gasteiger partial charge on any atom is -0.355 e. The van der Waals surface area contributed by atoms with E-state index in [0.29, 0.717) is 25.0 Å². The van der Waals surface area contributed by atoms with Crippen molar-refractivity contribution in [1.82, 2.24) is 37.2 Å². The molecule has 13 heteroatoms. The molecule has 0 heterocycles. The van der Waals surface area contributed by atoms with Gasteiger partial charge in [0, 0.05) is 57.0 Å². The van der Waals surface area contributed by atoms with Crippen LogP contribution < -0.4 is 37.2 Å². The van der Waals surface area contributed by atoms with Gasteiger partial charge in [-0.15, -0.1) is 0 Å². The third-order valence-corrected chi connectivity index (χ3v) is 10.2. The van der Waals surface area contributed by atoms with Crippen molar-refractivity contribution >= 4 is 23.7 Å². The highest BCUT2D eigenvalue weighted by Crippen LogP contribution is 2.40. The maximum absolute atomic E-state index is 12.3. The van der Waals surface area contributed by atoms with Crippen molar-refractivity contribution in [1.29, 1.82) is 10.5 Å². The highest BCUT2D eigenvalue weighted by molar-refractivity contribution is 5.82. The first-order chi connectivity index (χ1) is 24.6. The molecule has 0 bridgehead atoms. The normalized spacial score (nSPS) is 23.8. The summed E-state index contributed by atoms with van der Waals surface area (Å²) in [6, 6.07) is 21.2. The molecule has 2 saturated carbocycles. The topological polar surface area (TPSA) is 191 Å². The predicted octanol–water partition coefficient (Wildman–Crippen LogP) is 2.89. The molecule has 274 valence electrons. The largest absolute Gasteiger partial charge is 0.355 e. The minimum absolute atomic E-state index is 0.00387. The molecule has 0 spiro atoms. The molecule has 2 fully saturated rings. The molecule has 0 radical (unpaired) electrons. The van der Waals surface area contributed by atoms with Crippen LogP contribution in [0.3, 0.4) is 0 Å². The van der Waals surface area contributed by atoms with E-state index in [0.717, 1.165) is 51.4 Å². The van der Waals surface area contributed by atoms with Crippen molar-refractivity contribution in [2.45, 2.75) is 94.2 Å². The molecular formula is C38H55N11O2. The van der Waals surface area contributed by atoms with Crippen LogP contribution in [0, 0.1) is 22.9 Å². The number of hydrogen-bond donors (Lipinski definition) is 7. The first-order valence-electron chi connectivity index (χ1n) is 17.7. The summed E-state index contributed by atoms with van der Waals surface area (Å²) in [5.74, 6) is 1.04. The first-order valence-corrected chi connectivity index (χ1v) is 17.7. The van der Waals surface area contributed by atoms with Gasteiger partial charge in [0.25, 0.3) is 0 Å². The Balaban J connectivity index is 0.000000277. The molecule has 2 aliphatic carbocycles. The first kappa shape index (κ1) is 40.3. The molecule has 2 aromatic carbocycles. The van der Waals surface area contributed by atoms with Gasteiger partial charge in [-0.1, -0.05) is 60.7 Å². The number of nitrogens with zero attached hydrogens (tertiary/aromatic N) is 4. The summed E-state index contributed by atoms with van der Waals surface area (Å²) in [7, 11) is 5.10. The van der Waals surface area contributed by atoms with E-state index in [9.17, 15) is 9.59 Å². The van der Waals surface area contributed by atoms with Crippen molar-refractivity contribution in [3.05, 3.63) is 71.8 Å². The minimum atomic E-state index is -0.212. The van der Waals surface area contributed by atoms with Gasteiger partial charge >= 0.3 is 0 Å². The SMILES string of the molecule is CN=C(NC#N)NC1CCC(CNC(=O)[C@@H](C)NC)(c2ccccc2)CC1.CN=C(NC#N)NC1CCC(CNC(C)=O)(c2ccccc2)CC1. The van der Waals surface area contributed by atoms with E-state index in [-0.39, 0.29) is 40.8 Å². The van der Waals surface area contributed by atoms with Crippen LogP contribution in [0.2, 0.25) is 0 Å². The Kier molecular flexibility index (Phi) is 16.2. The Morgan fingerprint density at radius 3 is 1.47 bits per heavy atom. The summed E-state index contributed by atoms with van der Waals surface area (Å²) in [5, 5.41) is 38.4. The molecule has 51 heavy (non-hydrogen) atoms. The van der Waals surface area contributed by atoms with E-state index in [1.165, 1.54) is 11.1 Å². The van der Waals surface area contributed by atoms with Crippen LogP contribution in [-0.4, -0.2) is 76.1 Å². The monoisotopic (exact) mass is 697 g/mol. The van der Waals surface area contributed by atoms with E-state index in [2.05, 4.69) is 83.6 Å². The van der Waals surface area contributed by atoms with E-state index in [1.807, 2.05) is 43.6 Å². The van der Waals surface area contributed by atoms with Crippen LogP contribution in [-0.2, 0) is 20.4 Å². The number of aliphatic imine (C=N–C) groups is 2. The van der Waals surface area contributed by atoms with Gasteiger partial charge in [0.05, 0.1) is 6.04 Å². The number of rotatable bonds is 10. The van der Waals surface area contributed by atoms with Crippen LogP contribution >= 0.6 is 0 Å². The van der Waals surface area contributed by atoms with Crippen molar-refractivity contribution in [3.63, 3.8) is 0 Å². The summed E-state index contributed by atoms with van der Waals surface area (Å²) in [4.78, 5) is 31.8. The standard InChI is InChI=1S/C20H30N6O.C18H25N5O/c1-15(22-2)18(27)24-13-20(16-7-5-4-6-8-16)11-9-17(10-12-20)26-19(23-3)25-14-21;1-14(24)21-12-18(15-6-4-3-5-7-15)10-8-16(9-11-18)23-17(20-2)22-13-19/h4-8,15,17,22H,9-13H2,1-3H3,(H,24,27)(H2,23,25,26);3-7,16H,8-12H2,1-2H3,(H,21,24)(H2,20,22,23)/t15-,17?,20?;/m1./s1. The molecule has 0 aromatic heterocycles. The van der Waals surface area contributed by atoms with Gasteiger partial charge in [-0.2, -0.15) is 10.5 Å². The quantitative estimate of drug-likeness (QED) is 0.0847.